The number of nitrogens with zero attached hydrogens (tertiary/aromatic N) is 2. The maximum absolute atomic E-state index is 14.0. The fourth-order valence-corrected chi connectivity index (χ4v) is 2.95. The molecule has 0 radical (unpaired) electrons. The van der Waals surface area contributed by atoms with Crippen molar-refractivity contribution < 1.29 is 4.39 Å². The van der Waals surface area contributed by atoms with Gasteiger partial charge < -0.3 is 15.5 Å². The lowest BCUT2D eigenvalue weighted by Gasteiger charge is -2.30. The Bertz CT molecular complexity index is 410. The highest BCUT2D eigenvalue weighted by atomic mass is 19.1. The molecule has 0 spiro atoms. The Morgan fingerprint density at radius 3 is 2.68 bits per heavy atom. The number of rotatable bonds is 3. The predicted octanol–water partition coefficient (Wildman–Crippen LogP) is 1.93. The van der Waals surface area contributed by atoms with E-state index in [-0.39, 0.29) is 5.82 Å². The number of hydrogen-bond acceptors (Lipinski definition) is 3. The molecular weight excluding hydrogens is 241 g/mol. The van der Waals surface area contributed by atoms with Crippen molar-refractivity contribution >= 4 is 5.69 Å². The van der Waals surface area contributed by atoms with Crippen LogP contribution in [0.1, 0.15) is 13.3 Å². The Morgan fingerprint density at radius 2 is 2.00 bits per heavy atom. The second-order valence-corrected chi connectivity index (χ2v) is 5.63. The van der Waals surface area contributed by atoms with Gasteiger partial charge in [0.05, 0.1) is 5.69 Å². The summed E-state index contributed by atoms with van der Waals surface area (Å²) in [6, 6.07) is 7.44. The maximum atomic E-state index is 14.0. The van der Waals surface area contributed by atoms with Gasteiger partial charge in [-0.2, -0.15) is 0 Å². The fraction of sp³-hybridized carbons (Fsp3) is 0.600. The molecule has 106 valence electrons. The fourth-order valence-electron chi connectivity index (χ4n) is 2.95. The van der Waals surface area contributed by atoms with Crippen molar-refractivity contribution in [2.75, 3.05) is 38.1 Å². The summed E-state index contributed by atoms with van der Waals surface area (Å²) >= 11 is 0. The standard InChI is InChI=1S/C15H24FN3/c1-12-9-18(2)13(7-8-17)11-19(10-12)15-6-4-3-5-14(15)16/h3-6,12-13H,7-11,17H2,1-2H3. The van der Waals surface area contributed by atoms with Gasteiger partial charge in [0, 0.05) is 25.7 Å². The van der Waals surface area contributed by atoms with Crippen molar-refractivity contribution in [2.45, 2.75) is 19.4 Å². The van der Waals surface area contributed by atoms with Gasteiger partial charge in [0.2, 0.25) is 0 Å². The Morgan fingerprint density at radius 1 is 1.26 bits per heavy atom. The minimum Gasteiger partial charge on any atom is -0.367 e. The summed E-state index contributed by atoms with van der Waals surface area (Å²) in [5.74, 6) is 0.387. The van der Waals surface area contributed by atoms with Gasteiger partial charge in [-0.05, 0) is 38.1 Å². The third kappa shape index (κ3) is 3.45. The van der Waals surface area contributed by atoms with E-state index < -0.39 is 0 Å². The number of hydrogen-bond donors (Lipinski definition) is 1. The summed E-state index contributed by atoms with van der Waals surface area (Å²) in [6.45, 7) is 5.67. The van der Waals surface area contributed by atoms with Gasteiger partial charge in [-0.25, -0.2) is 4.39 Å². The highest BCUT2D eigenvalue weighted by molar-refractivity contribution is 5.48. The van der Waals surface area contributed by atoms with Gasteiger partial charge in [0.15, 0.2) is 0 Å². The Hall–Kier alpha value is -1.13. The zero-order valence-electron chi connectivity index (χ0n) is 11.8. The molecule has 1 aliphatic rings. The van der Waals surface area contributed by atoms with E-state index in [2.05, 4.69) is 23.8 Å². The SMILES string of the molecule is CC1CN(c2ccccc2F)CC(CCN)N(C)C1. The molecule has 1 aromatic rings. The first-order valence-corrected chi connectivity index (χ1v) is 7.01. The zero-order valence-corrected chi connectivity index (χ0v) is 11.8. The molecule has 1 aromatic carbocycles. The van der Waals surface area contributed by atoms with Crippen LogP contribution in [0, 0.1) is 11.7 Å². The summed E-state index contributed by atoms with van der Waals surface area (Å²) in [6.07, 6.45) is 0.953. The van der Waals surface area contributed by atoms with Crippen LogP contribution in [0.5, 0.6) is 0 Å². The van der Waals surface area contributed by atoms with Crippen molar-refractivity contribution in [3.05, 3.63) is 30.1 Å². The van der Waals surface area contributed by atoms with E-state index in [1.807, 2.05) is 12.1 Å². The molecule has 0 aliphatic carbocycles. The van der Waals surface area contributed by atoms with E-state index in [4.69, 9.17) is 5.73 Å². The van der Waals surface area contributed by atoms with Crippen LogP contribution in [0.2, 0.25) is 0 Å². The maximum Gasteiger partial charge on any atom is 0.146 e. The zero-order chi connectivity index (χ0) is 13.8. The molecule has 1 saturated heterocycles. The average molecular weight is 265 g/mol. The Balaban J connectivity index is 2.21. The molecular formula is C15H24FN3. The highest BCUT2D eigenvalue weighted by Gasteiger charge is 2.26. The summed E-state index contributed by atoms with van der Waals surface area (Å²) in [5.41, 5.74) is 6.42. The van der Waals surface area contributed by atoms with E-state index in [0.29, 0.717) is 24.2 Å². The second kappa shape index (κ2) is 6.35. The molecule has 2 rings (SSSR count). The molecule has 2 atom stereocenters. The number of likely N-dealkylation sites (N-methyl/N-ethyl adjacent to an activating group) is 1. The Labute approximate surface area is 115 Å². The van der Waals surface area contributed by atoms with Gasteiger partial charge in [-0.3, -0.25) is 0 Å². The monoisotopic (exact) mass is 265 g/mol. The molecule has 3 nitrogen and oxygen atoms in total. The van der Waals surface area contributed by atoms with Crippen molar-refractivity contribution in [1.82, 2.24) is 4.90 Å². The molecule has 0 bridgehead atoms. The van der Waals surface area contributed by atoms with E-state index in [9.17, 15) is 4.39 Å². The first kappa shape index (κ1) is 14.3. The molecule has 0 aromatic heterocycles. The van der Waals surface area contributed by atoms with Crippen molar-refractivity contribution in [3.8, 4) is 0 Å². The third-order valence-electron chi connectivity index (χ3n) is 3.88. The lowest BCUT2D eigenvalue weighted by atomic mass is 10.1. The smallest absolute Gasteiger partial charge is 0.146 e. The van der Waals surface area contributed by atoms with Crippen molar-refractivity contribution in [2.24, 2.45) is 11.7 Å². The van der Waals surface area contributed by atoms with E-state index in [1.165, 1.54) is 6.07 Å². The van der Waals surface area contributed by atoms with Crippen molar-refractivity contribution in [3.63, 3.8) is 0 Å². The Kier molecular flexibility index (Phi) is 4.77. The highest BCUT2D eigenvalue weighted by Crippen LogP contribution is 2.24. The first-order chi connectivity index (χ1) is 9.11. The van der Waals surface area contributed by atoms with Crippen LogP contribution in [0.25, 0.3) is 0 Å². The molecule has 1 fully saturated rings. The normalized spacial score (nSPS) is 25.4. The first-order valence-electron chi connectivity index (χ1n) is 7.01. The average Bonchev–Trinajstić information content (AvgIpc) is 2.50. The number of nitrogens with two attached hydrogens (primary N) is 1. The number of halogens is 1. The topological polar surface area (TPSA) is 32.5 Å². The molecule has 1 aliphatic heterocycles. The van der Waals surface area contributed by atoms with Crippen LogP contribution in [-0.4, -0.2) is 44.2 Å². The van der Waals surface area contributed by atoms with Crippen LogP contribution in [0.15, 0.2) is 24.3 Å². The third-order valence-corrected chi connectivity index (χ3v) is 3.88. The van der Waals surface area contributed by atoms with Crippen LogP contribution in [0.3, 0.4) is 0 Å². The molecule has 0 saturated carbocycles. The van der Waals surface area contributed by atoms with Gasteiger partial charge >= 0.3 is 0 Å². The molecule has 1 heterocycles. The van der Waals surface area contributed by atoms with Crippen LogP contribution in [0.4, 0.5) is 10.1 Å². The summed E-state index contributed by atoms with van der Waals surface area (Å²) in [5, 5.41) is 0. The van der Waals surface area contributed by atoms with E-state index in [1.54, 1.807) is 6.07 Å². The van der Waals surface area contributed by atoms with Gasteiger partial charge in [0.25, 0.3) is 0 Å². The predicted molar refractivity (Wildman–Crippen MR) is 77.9 cm³/mol. The van der Waals surface area contributed by atoms with Gasteiger partial charge in [-0.15, -0.1) is 0 Å². The summed E-state index contributed by atoms with van der Waals surface area (Å²) < 4.78 is 14.0. The molecule has 2 unspecified atom stereocenters. The van der Waals surface area contributed by atoms with Crippen LogP contribution in [-0.2, 0) is 0 Å². The quantitative estimate of drug-likeness (QED) is 0.906. The van der Waals surface area contributed by atoms with Crippen LogP contribution >= 0.6 is 0 Å². The van der Waals surface area contributed by atoms with E-state index in [0.717, 1.165) is 26.1 Å². The van der Waals surface area contributed by atoms with Crippen LogP contribution < -0.4 is 10.6 Å². The molecule has 0 amide bonds. The number of para-hydroxylation sites is 1. The largest absolute Gasteiger partial charge is 0.367 e. The lowest BCUT2D eigenvalue weighted by Crippen LogP contribution is -2.40. The summed E-state index contributed by atoms with van der Waals surface area (Å²) in [4.78, 5) is 4.53. The van der Waals surface area contributed by atoms with Gasteiger partial charge in [-0.1, -0.05) is 19.1 Å². The minimum atomic E-state index is -0.134. The molecule has 2 N–H and O–H groups in total. The molecule has 4 heteroatoms. The number of anilines is 1. The minimum absolute atomic E-state index is 0.134. The van der Waals surface area contributed by atoms with E-state index >= 15 is 0 Å². The van der Waals surface area contributed by atoms with Gasteiger partial charge in [0.1, 0.15) is 5.82 Å². The molecule has 19 heavy (non-hydrogen) atoms. The number of benzene rings is 1. The lowest BCUT2D eigenvalue weighted by molar-refractivity contribution is 0.231. The summed E-state index contributed by atoms with van der Waals surface area (Å²) in [7, 11) is 2.14. The van der Waals surface area contributed by atoms with Crippen molar-refractivity contribution in [1.29, 1.82) is 0 Å². The second-order valence-electron chi connectivity index (χ2n) is 5.63.